The number of amides is 2. The van der Waals surface area contributed by atoms with Crippen LogP contribution >= 0.6 is 0 Å². The van der Waals surface area contributed by atoms with E-state index in [1.54, 1.807) is 24.3 Å². The van der Waals surface area contributed by atoms with Gasteiger partial charge in [-0.05, 0) is 17.9 Å². The lowest BCUT2D eigenvalue weighted by Crippen LogP contribution is -2.47. The molecule has 0 fully saturated rings. The maximum Gasteiger partial charge on any atom is 0.326 e. The number of aliphatic carboxylic acids is 1. The molecule has 0 radical (unpaired) electrons. The van der Waals surface area contributed by atoms with Crippen molar-refractivity contribution in [2.24, 2.45) is 5.92 Å². The first kappa shape index (κ1) is 20.7. The molecular weight excluding hydrogens is 320 g/mol. The van der Waals surface area contributed by atoms with Gasteiger partial charge >= 0.3 is 5.97 Å². The average Bonchev–Trinajstić information content (AvgIpc) is 2.56. The second-order valence-corrected chi connectivity index (χ2v) is 6.55. The van der Waals surface area contributed by atoms with Crippen molar-refractivity contribution in [3.63, 3.8) is 0 Å². The molecule has 0 aromatic heterocycles. The van der Waals surface area contributed by atoms with Crippen LogP contribution < -0.4 is 10.6 Å². The molecule has 2 atom stereocenters. The minimum Gasteiger partial charge on any atom is -0.480 e. The van der Waals surface area contributed by atoms with Crippen LogP contribution in [-0.2, 0) is 14.4 Å². The molecule has 0 bridgehead atoms. The van der Waals surface area contributed by atoms with Gasteiger partial charge in [-0.15, -0.1) is 0 Å². The molecule has 6 heteroatoms. The minimum atomic E-state index is -1.07. The van der Waals surface area contributed by atoms with Gasteiger partial charge in [-0.2, -0.15) is 0 Å². The summed E-state index contributed by atoms with van der Waals surface area (Å²) in [4.78, 5) is 36.1. The normalized spacial score (nSPS) is 13.1. The number of carbonyl (C=O) groups excluding carboxylic acids is 2. The molecule has 6 nitrogen and oxygen atoms in total. The monoisotopic (exact) mass is 348 g/mol. The van der Waals surface area contributed by atoms with Gasteiger partial charge in [0.15, 0.2) is 0 Å². The summed E-state index contributed by atoms with van der Waals surface area (Å²) in [6.45, 7) is 5.80. The van der Waals surface area contributed by atoms with Gasteiger partial charge in [0.25, 0.3) is 0 Å². The summed E-state index contributed by atoms with van der Waals surface area (Å²) in [5, 5.41) is 14.6. The van der Waals surface area contributed by atoms with Gasteiger partial charge in [-0.3, -0.25) is 9.59 Å². The van der Waals surface area contributed by atoms with Crippen LogP contribution in [0.5, 0.6) is 0 Å². The van der Waals surface area contributed by atoms with Crippen LogP contribution in [0.2, 0.25) is 0 Å². The number of carboxylic acids is 1. The van der Waals surface area contributed by atoms with E-state index in [4.69, 9.17) is 0 Å². The van der Waals surface area contributed by atoms with Gasteiger partial charge < -0.3 is 15.7 Å². The molecule has 1 rings (SSSR count). The van der Waals surface area contributed by atoms with Gasteiger partial charge in [0, 0.05) is 6.42 Å². The van der Waals surface area contributed by atoms with Gasteiger partial charge in [-0.25, -0.2) is 4.79 Å². The number of hydrogen-bond acceptors (Lipinski definition) is 3. The Bertz CT molecular complexity index is 572. The van der Waals surface area contributed by atoms with E-state index >= 15 is 0 Å². The maximum absolute atomic E-state index is 12.7. The summed E-state index contributed by atoms with van der Waals surface area (Å²) in [5.41, 5.74) is 0.622. The first-order valence-electron chi connectivity index (χ1n) is 8.72. The highest BCUT2D eigenvalue weighted by Crippen LogP contribution is 2.15. The van der Waals surface area contributed by atoms with Crippen molar-refractivity contribution < 1.29 is 19.5 Å². The smallest absolute Gasteiger partial charge is 0.326 e. The summed E-state index contributed by atoms with van der Waals surface area (Å²) in [7, 11) is 0. The van der Waals surface area contributed by atoms with Crippen molar-refractivity contribution in [1.29, 1.82) is 0 Å². The molecule has 2 unspecified atom stereocenters. The third-order valence-electron chi connectivity index (χ3n) is 3.76. The van der Waals surface area contributed by atoms with E-state index in [1.165, 1.54) is 0 Å². The molecule has 0 aliphatic carbocycles. The average molecular weight is 348 g/mol. The lowest BCUT2D eigenvalue weighted by atomic mass is 10.0. The van der Waals surface area contributed by atoms with Crippen molar-refractivity contribution in [2.45, 2.75) is 58.5 Å². The fourth-order valence-corrected chi connectivity index (χ4v) is 2.46. The molecule has 138 valence electrons. The second kappa shape index (κ2) is 10.5. The number of rotatable bonds is 10. The lowest BCUT2D eigenvalue weighted by Gasteiger charge is -2.22. The standard InChI is InChI=1S/C19H28N2O4/c1-4-5-11-15(19(24)25)20-18(23)17(14-9-7-6-8-10-14)21-16(22)12-13(2)3/h6-10,13,15,17H,4-5,11-12H2,1-3H3,(H,20,23)(H,21,22)(H,24,25). The third kappa shape index (κ3) is 7.37. The highest BCUT2D eigenvalue weighted by atomic mass is 16.4. The molecule has 0 saturated heterocycles. The van der Waals surface area contributed by atoms with Gasteiger partial charge in [0.2, 0.25) is 11.8 Å². The fraction of sp³-hybridized carbons (Fsp3) is 0.526. The molecule has 25 heavy (non-hydrogen) atoms. The van der Waals surface area contributed by atoms with Crippen molar-refractivity contribution in [3.05, 3.63) is 35.9 Å². The topological polar surface area (TPSA) is 95.5 Å². The SMILES string of the molecule is CCCCC(NC(=O)C(NC(=O)CC(C)C)c1ccccc1)C(=O)O. The summed E-state index contributed by atoms with van der Waals surface area (Å²) < 4.78 is 0. The molecule has 3 N–H and O–H groups in total. The fourth-order valence-electron chi connectivity index (χ4n) is 2.46. The Hall–Kier alpha value is -2.37. The summed E-state index contributed by atoms with van der Waals surface area (Å²) in [5.74, 6) is -1.65. The summed E-state index contributed by atoms with van der Waals surface area (Å²) >= 11 is 0. The van der Waals surface area contributed by atoms with E-state index in [9.17, 15) is 19.5 Å². The second-order valence-electron chi connectivity index (χ2n) is 6.55. The highest BCUT2D eigenvalue weighted by molar-refractivity contribution is 5.91. The minimum absolute atomic E-state index is 0.163. The number of nitrogens with one attached hydrogen (secondary N) is 2. The van der Waals surface area contributed by atoms with E-state index in [0.717, 1.165) is 6.42 Å². The highest BCUT2D eigenvalue weighted by Gasteiger charge is 2.27. The molecule has 2 amide bonds. The van der Waals surface area contributed by atoms with E-state index < -0.39 is 24.0 Å². The van der Waals surface area contributed by atoms with Crippen LogP contribution in [0.15, 0.2) is 30.3 Å². The summed E-state index contributed by atoms with van der Waals surface area (Å²) in [6, 6.07) is 6.97. The van der Waals surface area contributed by atoms with Crippen LogP contribution in [0.1, 0.15) is 58.1 Å². The molecule has 0 heterocycles. The van der Waals surface area contributed by atoms with E-state index in [-0.39, 0.29) is 11.8 Å². The third-order valence-corrected chi connectivity index (χ3v) is 3.76. The molecule has 1 aromatic carbocycles. The Morgan fingerprint density at radius 2 is 1.72 bits per heavy atom. The number of carbonyl (C=O) groups is 3. The first-order valence-corrected chi connectivity index (χ1v) is 8.72. The van der Waals surface area contributed by atoms with Crippen LogP contribution in [-0.4, -0.2) is 28.9 Å². The zero-order valence-electron chi connectivity index (χ0n) is 15.1. The van der Waals surface area contributed by atoms with Gasteiger partial charge in [-0.1, -0.05) is 63.9 Å². The number of benzene rings is 1. The molecule has 0 saturated carbocycles. The molecule has 0 spiro atoms. The quantitative estimate of drug-likeness (QED) is 0.606. The van der Waals surface area contributed by atoms with Crippen LogP contribution in [0.4, 0.5) is 0 Å². The van der Waals surface area contributed by atoms with Crippen molar-refractivity contribution in [2.75, 3.05) is 0 Å². The van der Waals surface area contributed by atoms with Gasteiger partial charge in [0.05, 0.1) is 0 Å². The number of hydrogen-bond donors (Lipinski definition) is 3. The summed E-state index contributed by atoms with van der Waals surface area (Å²) in [6.07, 6.45) is 2.20. The zero-order chi connectivity index (χ0) is 18.8. The van der Waals surface area contributed by atoms with Crippen LogP contribution in [0, 0.1) is 5.92 Å². The Morgan fingerprint density at radius 3 is 2.24 bits per heavy atom. The van der Waals surface area contributed by atoms with Crippen molar-refractivity contribution in [3.8, 4) is 0 Å². The Kier molecular flexibility index (Phi) is 8.67. The first-order chi connectivity index (χ1) is 11.8. The predicted octanol–water partition coefficient (Wildman–Crippen LogP) is 2.65. The lowest BCUT2D eigenvalue weighted by molar-refractivity contribution is -0.142. The van der Waals surface area contributed by atoms with Gasteiger partial charge in [0.1, 0.15) is 12.1 Å². The van der Waals surface area contributed by atoms with E-state index in [1.807, 2.05) is 26.8 Å². The van der Waals surface area contributed by atoms with E-state index in [2.05, 4.69) is 10.6 Å². The largest absolute Gasteiger partial charge is 0.480 e. The molecular formula is C19H28N2O4. The van der Waals surface area contributed by atoms with Crippen molar-refractivity contribution in [1.82, 2.24) is 10.6 Å². The molecule has 1 aromatic rings. The zero-order valence-corrected chi connectivity index (χ0v) is 15.1. The van der Waals surface area contributed by atoms with E-state index in [0.29, 0.717) is 24.8 Å². The molecule has 0 aliphatic heterocycles. The molecule has 0 aliphatic rings. The van der Waals surface area contributed by atoms with Crippen LogP contribution in [0.3, 0.4) is 0 Å². The Morgan fingerprint density at radius 1 is 1.08 bits per heavy atom. The Labute approximate surface area is 149 Å². The maximum atomic E-state index is 12.7. The van der Waals surface area contributed by atoms with Crippen molar-refractivity contribution >= 4 is 17.8 Å². The number of carboxylic acid groups (broad SMARTS) is 1. The van der Waals surface area contributed by atoms with Crippen LogP contribution in [0.25, 0.3) is 0 Å². The Balaban J connectivity index is 2.92. The number of unbranched alkanes of at least 4 members (excludes halogenated alkanes) is 1. The predicted molar refractivity (Wildman–Crippen MR) is 95.9 cm³/mol.